The van der Waals surface area contributed by atoms with Gasteiger partial charge in [-0.1, -0.05) is 6.07 Å². The highest BCUT2D eigenvalue weighted by Crippen LogP contribution is 2.45. The number of aromatic hydroxyl groups is 1. The third kappa shape index (κ3) is 2.17. The first-order valence-corrected chi connectivity index (χ1v) is 7.48. The number of nitrogens with zero attached hydrogens (tertiary/aromatic N) is 2. The molecule has 1 aliphatic heterocycles. The molecule has 3 aromatic rings. The zero-order chi connectivity index (χ0) is 16.7. The third-order valence-corrected chi connectivity index (χ3v) is 4.06. The molecule has 24 heavy (non-hydrogen) atoms. The molecule has 122 valence electrons. The van der Waals surface area contributed by atoms with Crippen LogP contribution in [0.2, 0.25) is 0 Å². The number of phenolic OH excluding ortho intramolecular Hbond substituents is 1. The van der Waals surface area contributed by atoms with Gasteiger partial charge in [0.05, 0.1) is 24.4 Å². The molecule has 3 heterocycles. The molecule has 0 fully saturated rings. The van der Waals surface area contributed by atoms with Crippen LogP contribution < -0.4 is 10.2 Å². The Morgan fingerprint density at radius 2 is 2.17 bits per heavy atom. The van der Waals surface area contributed by atoms with Crippen LogP contribution in [0.15, 0.2) is 47.3 Å². The number of phenols is 1. The van der Waals surface area contributed by atoms with Crippen LogP contribution in [0.4, 0.5) is 0 Å². The van der Waals surface area contributed by atoms with Gasteiger partial charge < -0.3 is 23.9 Å². The molecule has 0 saturated heterocycles. The highest BCUT2D eigenvalue weighted by molar-refractivity contribution is 5.55. The summed E-state index contributed by atoms with van der Waals surface area (Å²) in [6.45, 7) is 0.181. The minimum absolute atomic E-state index is 0.0895. The van der Waals surface area contributed by atoms with Crippen LogP contribution in [0.3, 0.4) is 0 Å². The van der Waals surface area contributed by atoms with Gasteiger partial charge in [-0.3, -0.25) is 5.41 Å². The van der Waals surface area contributed by atoms with Crippen molar-refractivity contribution in [3.63, 3.8) is 0 Å². The number of hydrogen-bond donors (Lipinski definition) is 3. The van der Waals surface area contributed by atoms with E-state index < -0.39 is 0 Å². The number of rotatable bonds is 3. The number of nitrogens with one attached hydrogen (secondary N) is 1. The molecule has 1 aliphatic rings. The first-order chi connectivity index (χ1) is 11.7. The number of benzene rings is 1. The highest BCUT2D eigenvalue weighted by atomic mass is 16.5. The van der Waals surface area contributed by atoms with Crippen molar-refractivity contribution in [2.75, 3.05) is 6.61 Å². The molecule has 1 atom stereocenters. The Balaban J connectivity index is 1.98. The zero-order valence-corrected chi connectivity index (χ0v) is 12.6. The number of aliphatic hydroxyl groups excluding tert-OH is 1. The Bertz CT molecular complexity index is 947. The SMILES string of the molecule is N=c1c2c(ncn1CCO)Oc1cc(O)ccc1[C@H]2c1ccco1. The smallest absolute Gasteiger partial charge is 0.228 e. The van der Waals surface area contributed by atoms with Gasteiger partial charge in [-0.05, 0) is 18.2 Å². The van der Waals surface area contributed by atoms with Gasteiger partial charge in [0.1, 0.15) is 29.1 Å². The van der Waals surface area contributed by atoms with Crippen molar-refractivity contribution in [3.8, 4) is 17.4 Å². The predicted octanol–water partition coefficient (Wildman–Crippen LogP) is 1.94. The van der Waals surface area contributed by atoms with Gasteiger partial charge in [0, 0.05) is 18.2 Å². The lowest BCUT2D eigenvalue weighted by Gasteiger charge is -2.27. The second-order valence-corrected chi connectivity index (χ2v) is 5.50. The molecule has 3 N–H and O–H groups in total. The standard InChI is InChI=1S/C17H15N3O4/c18-16-15-14(12-2-1-7-23-12)11-4-3-10(22)8-13(11)24-17(15)19-9-20(16)5-6-21/h1-4,7-9,14,18,21-22H,5-6H2/t14-/m0/s1. The molecule has 4 rings (SSSR count). The number of aliphatic hydroxyl groups is 1. The topological polar surface area (TPSA) is 105 Å². The fourth-order valence-electron chi connectivity index (χ4n) is 2.98. The molecule has 1 aromatic carbocycles. The Morgan fingerprint density at radius 3 is 2.92 bits per heavy atom. The highest BCUT2D eigenvalue weighted by Gasteiger charge is 2.33. The zero-order valence-electron chi connectivity index (χ0n) is 12.6. The molecule has 0 bridgehead atoms. The molecular weight excluding hydrogens is 310 g/mol. The number of aromatic nitrogens is 2. The predicted molar refractivity (Wildman–Crippen MR) is 83.0 cm³/mol. The molecule has 0 radical (unpaired) electrons. The van der Waals surface area contributed by atoms with Crippen LogP contribution in [-0.2, 0) is 6.54 Å². The summed E-state index contributed by atoms with van der Waals surface area (Å²) >= 11 is 0. The molecular formula is C17H15N3O4. The van der Waals surface area contributed by atoms with E-state index in [9.17, 15) is 10.2 Å². The maximum absolute atomic E-state index is 9.73. The van der Waals surface area contributed by atoms with E-state index in [4.69, 9.17) is 14.6 Å². The molecule has 7 heteroatoms. The first kappa shape index (κ1) is 14.5. The van der Waals surface area contributed by atoms with Crippen LogP contribution in [0, 0.1) is 5.41 Å². The fourth-order valence-corrected chi connectivity index (χ4v) is 2.98. The number of fused-ring (bicyclic) bond motifs is 2. The molecule has 0 spiro atoms. The minimum atomic E-state index is -0.370. The van der Waals surface area contributed by atoms with Crippen LogP contribution in [-0.4, -0.2) is 26.4 Å². The van der Waals surface area contributed by atoms with Crippen molar-refractivity contribution in [1.82, 2.24) is 9.55 Å². The van der Waals surface area contributed by atoms with Crippen molar-refractivity contribution in [1.29, 1.82) is 5.41 Å². The lowest BCUT2D eigenvalue weighted by atomic mass is 9.87. The van der Waals surface area contributed by atoms with E-state index in [1.165, 1.54) is 12.4 Å². The normalized spacial score (nSPS) is 15.5. The quantitative estimate of drug-likeness (QED) is 0.534. The number of hydrogen-bond acceptors (Lipinski definition) is 6. The van der Waals surface area contributed by atoms with E-state index in [1.807, 2.05) is 6.07 Å². The van der Waals surface area contributed by atoms with Crippen molar-refractivity contribution in [2.24, 2.45) is 0 Å². The molecule has 0 unspecified atom stereocenters. The monoisotopic (exact) mass is 325 g/mol. The largest absolute Gasteiger partial charge is 0.508 e. The van der Waals surface area contributed by atoms with E-state index in [0.717, 1.165) is 5.56 Å². The van der Waals surface area contributed by atoms with Gasteiger partial charge in [0.25, 0.3) is 0 Å². The van der Waals surface area contributed by atoms with Gasteiger partial charge >= 0.3 is 0 Å². The Kier molecular flexibility index (Phi) is 3.35. The van der Waals surface area contributed by atoms with E-state index in [1.54, 1.807) is 29.0 Å². The summed E-state index contributed by atoms with van der Waals surface area (Å²) in [5.41, 5.74) is 1.56. The molecule has 2 aromatic heterocycles. The lowest BCUT2D eigenvalue weighted by molar-refractivity contribution is 0.271. The van der Waals surface area contributed by atoms with Gasteiger partial charge in [0.2, 0.25) is 5.88 Å². The lowest BCUT2D eigenvalue weighted by Crippen LogP contribution is -2.30. The minimum Gasteiger partial charge on any atom is -0.508 e. The van der Waals surface area contributed by atoms with Gasteiger partial charge in [-0.15, -0.1) is 0 Å². The van der Waals surface area contributed by atoms with E-state index in [0.29, 0.717) is 23.0 Å². The summed E-state index contributed by atoms with van der Waals surface area (Å²) in [6.07, 6.45) is 3.04. The van der Waals surface area contributed by atoms with Crippen molar-refractivity contribution >= 4 is 0 Å². The summed E-state index contributed by atoms with van der Waals surface area (Å²) in [7, 11) is 0. The van der Waals surface area contributed by atoms with E-state index in [-0.39, 0.29) is 30.3 Å². The number of furan rings is 1. The van der Waals surface area contributed by atoms with Crippen molar-refractivity contribution < 1.29 is 19.4 Å². The molecule has 0 aliphatic carbocycles. The maximum atomic E-state index is 9.73. The Hall–Kier alpha value is -3.06. The second-order valence-electron chi connectivity index (χ2n) is 5.50. The summed E-state index contributed by atoms with van der Waals surface area (Å²) in [5, 5.41) is 27.4. The van der Waals surface area contributed by atoms with Crippen molar-refractivity contribution in [2.45, 2.75) is 12.5 Å². The van der Waals surface area contributed by atoms with Gasteiger partial charge in [0.15, 0.2) is 0 Å². The van der Waals surface area contributed by atoms with Gasteiger partial charge in [-0.25, -0.2) is 4.98 Å². The average molecular weight is 325 g/mol. The fraction of sp³-hybridized carbons (Fsp3) is 0.176. The van der Waals surface area contributed by atoms with Crippen LogP contribution in [0.25, 0.3) is 0 Å². The van der Waals surface area contributed by atoms with Gasteiger partial charge in [-0.2, -0.15) is 0 Å². The molecule has 0 amide bonds. The molecule has 0 saturated carbocycles. The third-order valence-electron chi connectivity index (χ3n) is 4.06. The first-order valence-electron chi connectivity index (χ1n) is 7.48. The van der Waals surface area contributed by atoms with E-state index in [2.05, 4.69) is 4.98 Å². The number of ether oxygens (including phenoxy) is 1. The summed E-state index contributed by atoms with van der Waals surface area (Å²) in [6, 6.07) is 8.47. The van der Waals surface area contributed by atoms with Crippen molar-refractivity contribution in [3.05, 3.63) is 65.3 Å². The molecule has 7 nitrogen and oxygen atoms in total. The van der Waals surface area contributed by atoms with Crippen LogP contribution in [0.5, 0.6) is 17.4 Å². The second kappa shape index (κ2) is 5.54. The van der Waals surface area contributed by atoms with Crippen LogP contribution in [0.1, 0.15) is 22.8 Å². The summed E-state index contributed by atoms with van der Waals surface area (Å²) in [4.78, 5) is 4.27. The summed E-state index contributed by atoms with van der Waals surface area (Å²) < 4.78 is 12.9. The Labute approximate surface area is 136 Å². The maximum Gasteiger partial charge on any atom is 0.228 e. The van der Waals surface area contributed by atoms with Crippen LogP contribution >= 0.6 is 0 Å². The Morgan fingerprint density at radius 1 is 1.29 bits per heavy atom. The van der Waals surface area contributed by atoms with E-state index >= 15 is 0 Å². The summed E-state index contributed by atoms with van der Waals surface area (Å²) in [5.74, 6) is 1.16. The average Bonchev–Trinajstić information content (AvgIpc) is 3.10.